The van der Waals surface area contributed by atoms with Crippen LogP contribution < -0.4 is 5.73 Å². The van der Waals surface area contributed by atoms with Gasteiger partial charge in [0, 0.05) is 38.8 Å². The number of halogens is 1. The fourth-order valence-electron chi connectivity index (χ4n) is 3.17. The Kier molecular flexibility index (Phi) is 7.99. The van der Waals surface area contributed by atoms with Crippen LogP contribution in [0.25, 0.3) is 0 Å². The molecule has 1 aromatic carbocycles. The van der Waals surface area contributed by atoms with Crippen LogP contribution in [0.4, 0.5) is 0 Å². The second-order valence-corrected chi connectivity index (χ2v) is 6.06. The fourth-order valence-corrected chi connectivity index (χ4v) is 3.17. The highest BCUT2D eigenvalue weighted by molar-refractivity contribution is 5.85. The van der Waals surface area contributed by atoms with Crippen molar-refractivity contribution in [3.8, 4) is 0 Å². The van der Waals surface area contributed by atoms with E-state index in [1.165, 1.54) is 0 Å². The van der Waals surface area contributed by atoms with Crippen molar-refractivity contribution in [2.45, 2.75) is 32.0 Å². The van der Waals surface area contributed by atoms with Crippen LogP contribution in [0.15, 0.2) is 30.3 Å². The Labute approximate surface area is 145 Å². The van der Waals surface area contributed by atoms with E-state index in [1.54, 1.807) is 7.11 Å². The van der Waals surface area contributed by atoms with E-state index in [-0.39, 0.29) is 18.3 Å². The summed E-state index contributed by atoms with van der Waals surface area (Å²) in [6.45, 7) is 7.35. The summed E-state index contributed by atoms with van der Waals surface area (Å²) in [5, 5.41) is 0. The first-order valence-electron chi connectivity index (χ1n) is 7.88. The highest BCUT2D eigenvalue weighted by Gasteiger charge is 2.33. The zero-order valence-corrected chi connectivity index (χ0v) is 15.0. The van der Waals surface area contributed by atoms with Crippen molar-refractivity contribution >= 4 is 18.3 Å². The molecule has 130 valence electrons. The van der Waals surface area contributed by atoms with Gasteiger partial charge in [-0.2, -0.15) is 0 Å². The third-order valence-electron chi connectivity index (χ3n) is 4.39. The molecule has 0 spiro atoms. The Balaban J connectivity index is 0.00000264. The molecule has 3 atom stereocenters. The first-order valence-corrected chi connectivity index (χ1v) is 7.88. The van der Waals surface area contributed by atoms with Gasteiger partial charge in [0.15, 0.2) is 0 Å². The minimum absolute atomic E-state index is 0. The maximum atomic E-state index is 12.7. The first kappa shape index (κ1) is 19.9. The average Bonchev–Trinajstić information content (AvgIpc) is 2.53. The lowest BCUT2D eigenvalue weighted by molar-refractivity contribution is -0.137. The largest absolute Gasteiger partial charge is 0.383 e. The van der Waals surface area contributed by atoms with Gasteiger partial charge in [-0.05, 0) is 19.4 Å². The van der Waals surface area contributed by atoms with Crippen LogP contribution in [0.3, 0.4) is 0 Å². The standard InChI is InChI=1S/C17H27N3O2.ClH/c1-13-11-19(12-14(2)20(13)9-10-22-3)17(21)16(18)15-7-5-4-6-8-15;/h4-8,13-14,16H,9-12,18H2,1-3H3;1H. The summed E-state index contributed by atoms with van der Waals surface area (Å²) in [4.78, 5) is 17.0. The number of benzene rings is 1. The van der Waals surface area contributed by atoms with Crippen molar-refractivity contribution in [3.63, 3.8) is 0 Å². The Morgan fingerprint density at radius 3 is 2.35 bits per heavy atom. The molecule has 3 unspecified atom stereocenters. The van der Waals surface area contributed by atoms with Crippen LogP contribution in [-0.2, 0) is 9.53 Å². The number of hydrogen-bond acceptors (Lipinski definition) is 4. The summed E-state index contributed by atoms with van der Waals surface area (Å²) in [6, 6.07) is 9.61. The molecule has 0 radical (unpaired) electrons. The van der Waals surface area contributed by atoms with Crippen LogP contribution in [0.1, 0.15) is 25.5 Å². The molecule has 1 heterocycles. The molecule has 0 aromatic heterocycles. The van der Waals surface area contributed by atoms with E-state index in [0.717, 1.165) is 12.1 Å². The lowest BCUT2D eigenvalue weighted by Crippen LogP contribution is -2.59. The summed E-state index contributed by atoms with van der Waals surface area (Å²) in [5.41, 5.74) is 7.02. The molecule has 2 N–H and O–H groups in total. The van der Waals surface area contributed by atoms with Crippen LogP contribution in [0.5, 0.6) is 0 Å². The van der Waals surface area contributed by atoms with E-state index in [2.05, 4.69) is 18.7 Å². The normalized spacial score (nSPS) is 23.2. The number of carbonyl (C=O) groups excluding carboxylic acids is 1. The molecule has 1 aliphatic heterocycles. The monoisotopic (exact) mass is 341 g/mol. The second kappa shape index (κ2) is 9.23. The van der Waals surface area contributed by atoms with Crippen molar-refractivity contribution in [3.05, 3.63) is 35.9 Å². The van der Waals surface area contributed by atoms with E-state index in [1.807, 2.05) is 35.2 Å². The second-order valence-electron chi connectivity index (χ2n) is 6.06. The van der Waals surface area contributed by atoms with Crippen molar-refractivity contribution in [1.82, 2.24) is 9.80 Å². The molecule has 1 aromatic rings. The van der Waals surface area contributed by atoms with Gasteiger partial charge in [0.25, 0.3) is 0 Å². The topological polar surface area (TPSA) is 58.8 Å². The molecule has 0 saturated carbocycles. The van der Waals surface area contributed by atoms with Crippen LogP contribution in [0.2, 0.25) is 0 Å². The third-order valence-corrected chi connectivity index (χ3v) is 4.39. The number of methoxy groups -OCH3 is 1. The summed E-state index contributed by atoms with van der Waals surface area (Å²) in [6.07, 6.45) is 0. The predicted octanol–water partition coefficient (Wildman–Crippen LogP) is 1.68. The molecule has 0 bridgehead atoms. The molecule has 2 rings (SSSR count). The van der Waals surface area contributed by atoms with Gasteiger partial charge in [0.1, 0.15) is 6.04 Å². The number of nitrogens with two attached hydrogens (primary N) is 1. The van der Waals surface area contributed by atoms with Gasteiger partial charge in [-0.1, -0.05) is 30.3 Å². The molecule has 1 saturated heterocycles. The van der Waals surface area contributed by atoms with Gasteiger partial charge < -0.3 is 15.4 Å². The van der Waals surface area contributed by atoms with Gasteiger partial charge in [0.05, 0.1) is 6.61 Å². The minimum atomic E-state index is -0.578. The maximum absolute atomic E-state index is 12.7. The van der Waals surface area contributed by atoms with E-state index in [0.29, 0.717) is 31.8 Å². The van der Waals surface area contributed by atoms with Gasteiger partial charge in [-0.25, -0.2) is 0 Å². The van der Waals surface area contributed by atoms with E-state index in [4.69, 9.17) is 10.5 Å². The Bertz CT molecular complexity index is 474. The highest BCUT2D eigenvalue weighted by atomic mass is 35.5. The lowest BCUT2D eigenvalue weighted by Gasteiger charge is -2.45. The smallest absolute Gasteiger partial charge is 0.244 e. The molecule has 0 aliphatic carbocycles. The van der Waals surface area contributed by atoms with Gasteiger partial charge in [-0.15, -0.1) is 12.4 Å². The number of carbonyl (C=O) groups is 1. The zero-order valence-electron chi connectivity index (χ0n) is 14.1. The van der Waals surface area contributed by atoms with Crippen LogP contribution >= 0.6 is 12.4 Å². The van der Waals surface area contributed by atoms with Crippen molar-refractivity contribution in [2.24, 2.45) is 5.73 Å². The number of amides is 1. The van der Waals surface area contributed by atoms with E-state index < -0.39 is 6.04 Å². The molecule has 23 heavy (non-hydrogen) atoms. The minimum Gasteiger partial charge on any atom is -0.383 e. The number of piperazine rings is 1. The summed E-state index contributed by atoms with van der Waals surface area (Å²) < 4.78 is 5.17. The Morgan fingerprint density at radius 2 is 1.83 bits per heavy atom. The zero-order chi connectivity index (χ0) is 16.1. The molecule has 6 heteroatoms. The van der Waals surface area contributed by atoms with Gasteiger partial charge in [0.2, 0.25) is 5.91 Å². The quantitative estimate of drug-likeness (QED) is 0.885. The molecule has 1 amide bonds. The number of hydrogen-bond donors (Lipinski definition) is 1. The van der Waals surface area contributed by atoms with Gasteiger partial charge in [-0.3, -0.25) is 9.69 Å². The summed E-state index contributed by atoms with van der Waals surface area (Å²) >= 11 is 0. The van der Waals surface area contributed by atoms with Crippen LogP contribution in [0, 0.1) is 0 Å². The number of rotatable bonds is 5. The lowest BCUT2D eigenvalue weighted by atomic mass is 10.0. The Morgan fingerprint density at radius 1 is 1.26 bits per heavy atom. The van der Waals surface area contributed by atoms with Crippen molar-refractivity contribution < 1.29 is 9.53 Å². The molecule has 1 fully saturated rings. The Hall–Kier alpha value is -1.14. The van der Waals surface area contributed by atoms with Crippen molar-refractivity contribution in [2.75, 3.05) is 33.4 Å². The predicted molar refractivity (Wildman–Crippen MR) is 94.7 cm³/mol. The molecule has 1 aliphatic rings. The van der Waals surface area contributed by atoms with E-state index >= 15 is 0 Å². The first-order chi connectivity index (χ1) is 10.5. The summed E-state index contributed by atoms with van der Waals surface area (Å²) in [7, 11) is 1.72. The van der Waals surface area contributed by atoms with E-state index in [9.17, 15) is 4.79 Å². The molecule has 5 nitrogen and oxygen atoms in total. The SMILES string of the molecule is COCCN1C(C)CN(C(=O)C(N)c2ccccc2)CC1C.Cl. The van der Waals surface area contributed by atoms with Crippen molar-refractivity contribution in [1.29, 1.82) is 0 Å². The third kappa shape index (κ3) is 4.91. The average molecular weight is 342 g/mol. The molecular weight excluding hydrogens is 314 g/mol. The number of ether oxygens (including phenoxy) is 1. The fraction of sp³-hybridized carbons (Fsp3) is 0.588. The molecular formula is C17H28ClN3O2. The van der Waals surface area contributed by atoms with Crippen LogP contribution in [-0.4, -0.2) is 61.1 Å². The van der Waals surface area contributed by atoms with Gasteiger partial charge >= 0.3 is 0 Å². The number of nitrogens with zero attached hydrogens (tertiary/aromatic N) is 2. The summed E-state index contributed by atoms with van der Waals surface area (Å²) in [5.74, 6) is 0.0105. The highest BCUT2D eigenvalue weighted by Crippen LogP contribution is 2.19. The maximum Gasteiger partial charge on any atom is 0.244 e.